The fraction of sp³-hybridized carbons (Fsp3) is 0.628. The molecule has 0 aliphatic heterocycles. The molecule has 272 valence electrons. The average molecular weight is 667 g/mol. The van der Waals surface area contributed by atoms with Crippen LogP contribution in [0.2, 0.25) is 0 Å². The van der Waals surface area contributed by atoms with Crippen LogP contribution >= 0.6 is 0 Å². The minimum absolute atomic E-state index is 0.105. The molecule has 0 radical (unpaired) electrons. The maximum Gasteiger partial charge on any atom is 0.306 e. The van der Waals surface area contributed by atoms with Crippen molar-refractivity contribution in [2.24, 2.45) is 0 Å². The van der Waals surface area contributed by atoms with Gasteiger partial charge in [0.25, 0.3) is 0 Å². The molecule has 0 aliphatic rings. The Morgan fingerprint density at radius 1 is 0.500 bits per heavy atom. The Morgan fingerprint density at radius 3 is 1.44 bits per heavy atom. The maximum absolute atomic E-state index is 12.1. The van der Waals surface area contributed by atoms with Crippen LogP contribution in [0.3, 0.4) is 0 Å². The van der Waals surface area contributed by atoms with Crippen molar-refractivity contribution in [1.29, 1.82) is 0 Å². The van der Waals surface area contributed by atoms with Crippen LogP contribution in [0.5, 0.6) is 0 Å². The van der Waals surface area contributed by atoms with Gasteiger partial charge in [-0.2, -0.15) is 0 Å². The van der Waals surface area contributed by atoms with E-state index < -0.39 is 12.1 Å². The van der Waals surface area contributed by atoms with E-state index in [1.807, 2.05) is 12.2 Å². The summed E-state index contributed by atoms with van der Waals surface area (Å²) in [5.74, 6) is -0.706. The summed E-state index contributed by atoms with van der Waals surface area (Å²) in [6.07, 6.45) is 52.2. The first-order valence-electron chi connectivity index (χ1n) is 19.1. The van der Waals surface area contributed by atoms with E-state index in [1.54, 1.807) is 0 Å². The predicted molar refractivity (Wildman–Crippen MR) is 205 cm³/mol. The molecule has 0 heterocycles. The summed E-state index contributed by atoms with van der Waals surface area (Å²) in [5.41, 5.74) is 0. The zero-order chi connectivity index (χ0) is 35.0. The Morgan fingerprint density at radius 2 is 0.938 bits per heavy atom. The van der Waals surface area contributed by atoms with Gasteiger partial charge in [-0.15, -0.1) is 0 Å². The number of aliphatic hydroxyl groups excluding tert-OH is 1. The highest BCUT2D eigenvalue weighted by atomic mass is 16.6. The molecule has 5 nitrogen and oxygen atoms in total. The number of aliphatic hydroxyl groups is 1. The van der Waals surface area contributed by atoms with Crippen LogP contribution < -0.4 is 0 Å². The molecular weight excluding hydrogens is 596 g/mol. The molecule has 0 unspecified atom stereocenters. The molecule has 1 N–H and O–H groups in total. The zero-order valence-electron chi connectivity index (χ0n) is 30.7. The minimum Gasteiger partial charge on any atom is -0.462 e. The van der Waals surface area contributed by atoms with Gasteiger partial charge in [0.2, 0.25) is 0 Å². The molecule has 0 spiro atoms. The molecule has 0 amide bonds. The molecule has 0 rings (SSSR count). The van der Waals surface area contributed by atoms with Gasteiger partial charge >= 0.3 is 11.9 Å². The highest BCUT2D eigenvalue weighted by Gasteiger charge is 2.15. The summed E-state index contributed by atoms with van der Waals surface area (Å²) < 4.78 is 10.5. The largest absolute Gasteiger partial charge is 0.462 e. The van der Waals surface area contributed by atoms with Crippen LogP contribution in [0, 0.1) is 0 Å². The smallest absolute Gasteiger partial charge is 0.306 e. The van der Waals surface area contributed by atoms with Gasteiger partial charge in [-0.25, -0.2) is 0 Å². The number of esters is 2. The molecule has 0 saturated heterocycles. The van der Waals surface area contributed by atoms with Gasteiger partial charge in [-0.3, -0.25) is 9.59 Å². The first-order valence-corrected chi connectivity index (χ1v) is 19.1. The summed E-state index contributed by atoms with van der Waals surface area (Å²) in [5, 5.41) is 9.53. The summed E-state index contributed by atoms with van der Waals surface area (Å²) in [6.45, 7) is 3.93. The topological polar surface area (TPSA) is 72.8 Å². The minimum atomic E-state index is -0.819. The number of carbonyl (C=O) groups is 2. The van der Waals surface area contributed by atoms with E-state index >= 15 is 0 Å². The van der Waals surface area contributed by atoms with Gasteiger partial charge in [0.15, 0.2) is 6.10 Å². The fourth-order valence-electron chi connectivity index (χ4n) is 4.81. The predicted octanol–water partition coefficient (Wildman–Crippen LogP) is 11.9. The number of hydrogen-bond donors (Lipinski definition) is 1. The number of unbranched alkanes of at least 4 members (excludes halogenated alkanes) is 11. The Kier molecular flexibility index (Phi) is 36.2. The molecule has 0 aromatic carbocycles. The highest BCUT2D eigenvalue weighted by Crippen LogP contribution is 2.11. The van der Waals surface area contributed by atoms with Crippen molar-refractivity contribution in [2.45, 2.75) is 161 Å². The van der Waals surface area contributed by atoms with Crippen molar-refractivity contribution >= 4 is 11.9 Å². The number of rotatable bonds is 33. The Hall–Kier alpha value is -2.92. The molecule has 0 saturated carbocycles. The van der Waals surface area contributed by atoms with E-state index in [0.717, 1.165) is 64.2 Å². The Labute approximate surface area is 295 Å². The van der Waals surface area contributed by atoms with Crippen molar-refractivity contribution in [3.05, 3.63) is 85.1 Å². The van der Waals surface area contributed by atoms with Crippen LogP contribution in [0.25, 0.3) is 0 Å². The highest BCUT2D eigenvalue weighted by molar-refractivity contribution is 5.70. The van der Waals surface area contributed by atoms with Crippen LogP contribution in [0.4, 0.5) is 0 Å². The van der Waals surface area contributed by atoms with Crippen LogP contribution in [0.15, 0.2) is 85.1 Å². The van der Waals surface area contributed by atoms with E-state index in [1.165, 1.54) is 57.8 Å². The zero-order valence-corrected chi connectivity index (χ0v) is 30.7. The van der Waals surface area contributed by atoms with Crippen molar-refractivity contribution in [3.63, 3.8) is 0 Å². The molecule has 0 aromatic heterocycles. The third kappa shape index (κ3) is 35.9. The SMILES string of the molecule is CC/C=C\C/C=C\C/C=C\C/C=C\C/C=C\C/C=C\CCC(=O)O[C@@H](CO)COC(=O)CCCCCCC/C=C\CCCCCCCC. The Balaban J connectivity index is 3.74. The lowest BCUT2D eigenvalue weighted by Gasteiger charge is -2.15. The van der Waals surface area contributed by atoms with Crippen LogP contribution in [-0.2, 0) is 19.1 Å². The second-order valence-electron chi connectivity index (χ2n) is 12.3. The van der Waals surface area contributed by atoms with Crippen molar-refractivity contribution in [3.8, 4) is 0 Å². The van der Waals surface area contributed by atoms with Crippen molar-refractivity contribution in [2.75, 3.05) is 13.2 Å². The van der Waals surface area contributed by atoms with Gasteiger partial charge in [0.1, 0.15) is 6.61 Å². The van der Waals surface area contributed by atoms with Gasteiger partial charge in [0.05, 0.1) is 6.61 Å². The average Bonchev–Trinajstić information content (AvgIpc) is 3.09. The van der Waals surface area contributed by atoms with E-state index in [9.17, 15) is 14.7 Å². The number of allylic oxidation sites excluding steroid dienone is 14. The Bertz CT molecular complexity index is 937. The molecule has 0 aromatic rings. The second kappa shape index (κ2) is 38.5. The van der Waals surface area contributed by atoms with Crippen molar-refractivity contribution in [1.82, 2.24) is 0 Å². The monoisotopic (exact) mass is 667 g/mol. The van der Waals surface area contributed by atoms with Crippen LogP contribution in [0.1, 0.15) is 155 Å². The van der Waals surface area contributed by atoms with Crippen molar-refractivity contribution < 1.29 is 24.2 Å². The third-order valence-electron chi connectivity index (χ3n) is 7.69. The third-order valence-corrected chi connectivity index (χ3v) is 7.69. The number of hydrogen-bond acceptors (Lipinski definition) is 5. The molecule has 48 heavy (non-hydrogen) atoms. The first-order chi connectivity index (χ1) is 23.6. The first kappa shape index (κ1) is 45.1. The van der Waals surface area contributed by atoms with Gasteiger partial charge in [0, 0.05) is 12.8 Å². The van der Waals surface area contributed by atoms with Gasteiger partial charge < -0.3 is 14.6 Å². The summed E-state index contributed by atoms with van der Waals surface area (Å²) in [7, 11) is 0. The lowest BCUT2D eigenvalue weighted by atomic mass is 10.1. The normalized spacial score (nSPS) is 13.1. The van der Waals surface area contributed by atoms with E-state index in [4.69, 9.17) is 9.47 Å². The molecule has 0 fully saturated rings. The van der Waals surface area contributed by atoms with E-state index in [0.29, 0.717) is 12.8 Å². The lowest BCUT2D eigenvalue weighted by molar-refractivity contribution is -0.161. The molecule has 0 aliphatic carbocycles. The summed E-state index contributed by atoms with van der Waals surface area (Å²) in [6, 6.07) is 0. The molecule has 1 atom stereocenters. The molecular formula is C43H70O5. The maximum atomic E-state index is 12.1. The summed E-state index contributed by atoms with van der Waals surface area (Å²) >= 11 is 0. The molecule has 5 heteroatoms. The second-order valence-corrected chi connectivity index (χ2v) is 12.3. The van der Waals surface area contributed by atoms with E-state index in [-0.39, 0.29) is 25.6 Å². The molecule has 0 bridgehead atoms. The quantitative estimate of drug-likeness (QED) is 0.0429. The fourth-order valence-corrected chi connectivity index (χ4v) is 4.81. The standard InChI is InChI=1S/C43H70O5/c1-3-5-7-9-11-13-15-17-19-20-21-22-24-26-28-30-32-34-36-38-43(46)48-41(39-44)40-47-42(45)37-35-33-31-29-27-25-23-18-16-14-12-10-8-6-4-2/h5,7,11,13,17-19,21-23,26,28,32,34,41,44H,3-4,6,8-10,12,14-16,20,24-25,27,29-31,33,35-40H2,1-2H3/b7-5-,13-11-,19-17-,22-21-,23-18-,28-26-,34-32-/t41-/m0/s1. The van der Waals surface area contributed by atoms with Gasteiger partial charge in [-0.1, -0.05) is 150 Å². The van der Waals surface area contributed by atoms with E-state index in [2.05, 4.69) is 86.8 Å². The van der Waals surface area contributed by atoms with Gasteiger partial charge in [-0.05, 0) is 77.0 Å². The van der Waals surface area contributed by atoms with Crippen LogP contribution in [-0.4, -0.2) is 36.4 Å². The lowest BCUT2D eigenvalue weighted by Crippen LogP contribution is -2.28. The number of carbonyl (C=O) groups excluding carboxylic acids is 2. The summed E-state index contributed by atoms with van der Waals surface area (Å²) in [4.78, 5) is 24.2. The number of ether oxygens (including phenoxy) is 2.